The molecule has 0 amide bonds. The summed E-state index contributed by atoms with van der Waals surface area (Å²) in [5.41, 5.74) is 4.60. The van der Waals surface area contributed by atoms with Gasteiger partial charge in [0.2, 0.25) is 0 Å². The monoisotopic (exact) mass is 234 g/mol. The number of nitrogens with one attached hydrogen (secondary N) is 2. The number of aromatic nitrogens is 1. The molecule has 0 fully saturated rings. The zero-order valence-corrected chi connectivity index (χ0v) is 11.0. The van der Waals surface area contributed by atoms with Gasteiger partial charge in [0, 0.05) is 23.4 Å². The number of carbonyl (C=O) groups is 1. The molecule has 2 rings (SSSR count). The molecule has 0 aliphatic heterocycles. The number of H-pyrrole nitrogens is 1. The molecule has 0 saturated carbocycles. The highest BCUT2D eigenvalue weighted by molar-refractivity contribution is 6.00. The van der Waals surface area contributed by atoms with Crippen molar-refractivity contribution >= 4 is 5.78 Å². The fraction of sp³-hybridized carbons (Fsp3) is 0.643. The number of ketones is 1. The molecule has 1 aliphatic carbocycles. The molecule has 17 heavy (non-hydrogen) atoms. The fourth-order valence-electron chi connectivity index (χ4n) is 2.94. The van der Waals surface area contributed by atoms with Gasteiger partial charge >= 0.3 is 0 Å². The van der Waals surface area contributed by atoms with Crippen LogP contribution >= 0.6 is 0 Å². The lowest BCUT2D eigenvalue weighted by molar-refractivity contribution is 0.0945. The summed E-state index contributed by atoms with van der Waals surface area (Å²) in [5, 5.41) is 3.16. The third-order valence-corrected chi connectivity index (χ3v) is 3.80. The van der Waals surface area contributed by atoms with E-state index in [9.17, 15) is 4.79 Å². The van der Waals surface area contributed by atoms with Crippen LogP contribution in [-0.4, -0.2) is 24.4 Å². The van der Waals surface area contributed by atoms with Crippen LogP contribution in [0.1, 0.15) is 47.1 Å². The predicted molar refractivity (Wildman–Crippen MR) is 69.6 cm³/mol. The van der Waals surface area contributed by atoms with Crippen LogP contribution in [0.4, 0.5) is 0 Å². The Kier molecular flexibility index (Phi) is 3.67. The highest BCUT2D eigenvalue weighted by Crippen LogP contribution is 2.31. The number of Topliss-reactive ketones (excluding diaryl/α,β-unsaturated/α-hetero) is 1. The van der Waals surface area contributed by atoms with Crippen LogP contribution in [-0.2, 0) is 12.8 Å². The molecular weight excluding hydrogens is 212 g/mol. The Hall–Kier alpha value is -1.09. The molecule has 94 valence electrons. The molecule has 0 radical (unpaired) electrons. The van der Waals surface area contributed by atoms with Crippen molar-refractivity contribution in [3.63, 3.8) is 0 Å². The van der Waals surface area contributed by atoms with Gasteiger partial charge in [-0.25, -0.2) is 0 Å². The van der Waals surface area contributed by atoms with Gasteiger partial charge in [-0.15, -0.1) is 0 Å². The first-order valence-corrected chi connectivity index (χ1v) is 6.55. The average Bonchev–Trinajstić information content (AvgIpc) is 2.62. The van der Waals surface area contributed by atoms with Crippen LogP contribution in [0, 0.1) is 12.8 Å². The zero-order chi connectivity index (χ0) is 12.4. The third kappa shape index (κ3) is 2.29. The van der Waals surface area contributed by atoms with Gasteiger partial charge in [0.1, 0.15) is 0 Å². The Bertz CT molecular complexity index is 420. The van der Waals surface area contributed by atoms with Crippen molar-refractivity contribution in [3.05, 3.63) is 22.5 Å². The molecule has 3 nitrogen and oxygen atoms in total. The number of fused-ring (bicyclic) bond motifs is 1. The van der Waals surface area contributed by atoms with E-state index in [2.05, 4.69) is 24.1 Å². The van der Waals surface area contributed by atoms with Gasteiger partial charge < -0.3 is 10.3 Å². The van der Waals surface area contributed by atoms with Gasteiger partial charge in [0.25, 0.3) is 0 Å². The Morgan fingerprint density at radius 1 is 1.41 bits per heavy atom. The lowest BCUT2D eigenvalue weighted by Crippen LogP contribution is -2.23. The van der Waals surface area contributed by atoms with E-state index in [4.69, 9.17) is 0 Å². The molecule has 2 N–H and O–H groups in total. The predicted octanol–water partition coefficient (Wildman–Crippen LogP) is 2.24. The van der Waals surface area contributed by atoms with Crippen LogP contribution < -0.4 is 5.32 Å². The second-order valence-electron chi connectivity index (χ2n) is 5.03. The maximum Gasteiger partial charge on any atom is 0.165 e. The summed E-state index contributed by atoms with van der Waals surface area (Å²) in [4.78, 5) is 15.6. The SMILES string of the molecule is CCc1c(C)[nH]c2c1C(=O)CC(CCNC)C2. The molecule has 0 saturated heterocycles. The summed E-state index contributed by atoms with van der Waals surface area (Å²) in [6, 6.07) is 0. The summed E-state index contributed by atoms with van der Waals surface area (Å²) in [6.45, 7) is 5.19. The maximum absolute atomic E-state index is 12.2. The van der Waals surface area contributed by atoms with Gasteiger partial charge in [-0.05, 0) is 51.3 Å². The number of rotatable bonds is 4. The number of carbonyl (C=O) groups excluding carboxylic acids is 1. The molecule has 1 aliphatic rings. The van der Waals surface area contributed by atoms with Crippen molar-refractivity contribution in [2.45, 2.75) is 39.5 Å². The van der Waals surface area contributed by atoms with Crippen LogP contribution in [0.3, 0.4) is 0 Å². The molecule has 0 aromatic carbocycles. The summed E-state index contributed by atoms with van der Waals surface area (Å²) < 4.78 is 0. The summed E-state index contributed by atoms with van der Waals surface area (Å²) in [7, 11) is 1.96. The third-order valence-electron chi connectivity index (χ3n) is 3.80. The minimum absolute atomic E-state index is 0.341. The van der Waals surface area contributed by atoms with Crippen molar-refractivity contribution in [1.82, 2.24) is 10.3 Å². The van der Waals surface area contributed by atoms with Crippen LogP contribution in [0.2, 0.25) is 0 Å². The fourth-order valence-corrected chi connectivity index (χ4v) is 2.94. The Balaban J connectivity index is 2.23. The first-order valence-electron chi connectivity index (χ1n) is 6.55. The normalized spacial score (nSPS) is 19.5. The molecular formula is C14H22N2O. The highest BCUT2D eigenvalue weighted by Gasteiger charge is 2.29. The van der Waals surface area contributed by atoms with E-state index >= 15 is 0 Å². The first-order chi connectivity index (χ1) is 8.17. The quantitative estimate of drug-likeness (QED) is 0.839. The minimum Gasteiger partial charge on any atom is -0.362 e. The maximum atomic E-state index is 12.2. The second-order valence-corrected chi connectivity index (χ2v) is 5.03. The number of hydrogen-bond acceptors (Lipinski definition) is 2. The zero-order valence-electron chi connectivity index (χ0n) is 11.0. The summed E-state index contributed by atoms with van der Waals surface area (Å²) >= 11 is 0. The van der Waals surface area contributed by atoms with Crippen LogP contribution in [0.15, 0.2) is 0 Å². The van der Waals surface area contributed by atoms with E-state index in [-0.39, 0.29) is 0 Å². The minimum atomic E-state index is 0.341. The molecule has 1 heterocycles. The van der Waals surface area contributed by atoms with Gasteiger partial charge in [-0.2, -0.15) is 0 Å². The van der Waals surface area contributed by atoms with Crippen molar-refractivity contribution in [2.75, 3.05) is 13.6 Å². The van der Waals surface area contributed by atoms with Gasteiger partial charge in [-0.1, -0.05) is 6.92 Å². The smallest absolute Gasteiger partial charge is 0.165 e. The summed E-state index contributed by atoms with van der Waals surface area (Å²) in [6.07, 6.45) is 3.79. The van der Waals surface area contributed by atoms with Crippen molar-refractivity contribution in [3.8, 4) is 0 Å². The second kappa shape index (κ2) is 5.05. The average molecular weight is 234 g/mol. The summed E-state index contributed by atoms with van der Waals surface area (Å²) in [5.74, 6) is 0.846. The molecule has 0 bridgehead atoms. The molecule has 3 heteroatoms. The highest BCUT2D eigenvalue weighted by atomic mass is 16.1. The standard InChI is InChI=1S/C14H22N2O/c1-4-11-9(2)16-12-7-10(5-6-15-3)8-13(17)14(11)12/h10,15-16H,4-8H2,1-3H3. The lowest BCUT2D eigenvalue weighted by Gasteiger charge is -2.21. The van der Waals surface area contributed by atoms with E-state index in [0.717, 1.165) is 37.8 Å². The van der Waals surface area contributed by atoms with E-state index in [1.54, 1.807) is 0 Å². The van der Waals surface area contributed by atoms with E-state index in [0.29, 0.717) is 11.7 Å². The first kappa shape index (κ1) is 12.4. The Morgan fingerprint density at radius 3 is 2.82 bits per heavy atom. The van der Waals surface area contributed by atoms with Gasteiger partial charge in [-0.3, -0.25) is 4.79 Å². The largest absolute Gasteiger partial charge is 0.362 e. The van der Waals surface area contributed by atoms with Crippen molar-refractivity contribution in [2.24, 2.45) is 5.92 Å². The van der Waals surface area contributed by atoms with E-state index < -0.39 is 0 Å². The van der Waals surface area contributed by atoms with E-state index in [1.165, 1.54) is 17.0 Å². The van der Waals surface area contributed by atoms with Gasteiger partial charge in [0.15, 0.2) is 5.78 Å². The topological polar surface area (TPSA) is 44.9 Å². The number of aromatic amines is 1. The number of aryl methyl sites for hydroxylation is 1. The number of hydrogen-bond donors (Lipinski definition) is 2. The molecule has 1 aromatic rings. The molecule has 1 atom stereocenters. The van der Waals surface area contributed by atoms with Crippen molar-refractivity contribution in [1.29, 1.82) is 0 Å². The van der Waals surface area contributed by atoms with E-state index in [1.807, 2.05) is 7.05 Å². The lowest BCUT2D eigenvalue weighted by atomic mass is 9.83. The Labute approximate surface area is 103 Å². The van der Waals surface area contributed by atoms with Gasteiger partial charge in [0.05, 0.1) is 0 Å². The van der Waals surface area contributed by atoms with Crippen molar-refractivity contribution < 1.29 is 4.79 Å². The molecule has 1 unspecified atom stereocenters. The Morgan fingerprint density at radius 2 is 2.18 bits per heavy atom. The molecule has 1 aromatic heterocycles. The molecule has 0 spiro atoms. The van der Waals surface area contributed by atoms with Crippen LogP contribution in [0.5, 0.6) is 0 Å². The van der Waals surface area contributed by atoms with Crippen LogP contribution in [0.25, 0.3) is 0 Å².